The Morgan fingerprint density at radius 2 is 1.82 bits per heavy atom. The molecule has 1 fully saturated rings. The van der Waals surface area contributed by atoms with E-state index in [1.807, 2.05) is 24.0 Å². The van der Waals surface area contributed by atoms with Crippen LogP contribution in [0, 0.1) is 0 Å². The maximum absolute atomic E-state index is 4.33. The molecule has 7 heteroatoms. The number of rotatable bonds is 7. The second-order valence-electron chi connectivity index (χ2n) is 7.08. The van der Waals surface area contributed by atoms with Crippen molar-refractivity contribution in [3.63, 3.8) is 0 Å². The van der Waals surface area contributed by atoms with Crippen LogP contribution in [0.15, 0.2) is 47.7 Å². The summed E-state index contributed by atoms with van der Waals surface area (Å²) in [7, 11) is 1.82. The zero-order valence-corrected chi connectivity index (χ0v) is 19.1. The van der Waals surface area contributed by atoms with Crippen molar-refractivity contribution in [2.75, 3.05) is 33.2 Å². The van der Waals surface area contributed by atoms with Crippen molar-refractivity contribution in [2.45, 2.75) is 38.6 Å². The van der Waals surface area contributed by atoms with E-state index in [9.17, 15) is 0 Å². The van der Waals surface area contributed by atoms with Crippen LogP contribution in [0.1, 0.15) is 37.7 Å². The number of nitrogens with zero attached hydrogens (tertiary/aromatic N) is 4. The lowest BCUT2D eigenvalue weighted by molar-refractivity contribution is 0.282. The van der Waals surface area contributed by atoms with Gasteiger partial charge in [0, 0.05) is 32.5 Å². The molecule has 154 valence electrons. The molecule has 0 amide bonds. The Labute approximate surface area is 185 Å². The van der Waals surface area contributed by atoms with Crippen LogP contribution in [0.25, 0.3) is 5.69 Å². The highest BCUT2D eigenvalue weighted by Gasteiger charge is 2.08. The molecule has 0 saturated carbocycles. The van der Waals surface area contributed by atoms with E-state index in [2.05, 4.69) is 49.9 Å². The SMILES string of the molecule is CN=C(NCCCN1CCCCCC1)NCc1ccc(-n2cccn2)cc1.I. The minimum Gasteiger partial charge on any atom is -0.356 e. The van der Waals surface area contributed by atoms with Gasteiger partial charge >= 0.3 is 0 Å². The van der Waals surface area contributed by atoms with E-state index in [1.54, 1.807) is 6.20 Å². The van der Waals surface area contributed by atoms with E-state index < -0.39 is 0 Å². The molecule has 1 aromatic carbocycles. The minimum absolute atomic E-state index is 0. The van der Waals surface area contributed by atoms with Crippen LogP contribution in [0.3, 0.4) is 0 Å². The van der Waals surface area contributed by atoms with E-state index in [1.165, 1.54) is 50.9 Å². The molecule has 1 aromatic heterocycles. The molecule has 0 aliphatic carbocycles. The zero-order valence-electron chi connectivity index (χ0n) is 16.8. The Hall–Kier alpha value is -1.61. The average molecular weight is 496 g/mol. The Balaban J connectivity index is 0.00000280. The van der Waals surface area contributed by atoms with Gasteiger partial charge in [0.1, 0.15) is 0 Å². The van der Waals surface area contributed by atoms with E-state index in [-0.39, 0.29) is 24.0 Å². The van der Waals surface area contributed by atoms with Crippen LogP contribution < -0.4 is 10.6 Å². The highest BCUT2D eigenvalue weighted by molar-refractivity contribution is 14.0. The molecule has 0 radical (unpaired) electrons. The standard InChI is InChI=1S/C21H32N6.HI/c1-22-21(23-12-6-16-26-14-4-2-3-5-15-26)24-18-19-8-10-20(11-9-19)27-17-7-13-25-27;/h7-11,13,17H,2-6,12,14-16,18H2,1H3,(H2,22,23,24);1H. The first-order chi connectivity index (χ1) is 13.3. The zero-order chi connectivity index (χ0) is 18.7. The number of hydrogen-bond donors (Lipinski definition) is 2. The summed E-state index contributed by atoms with van der Waals surface area (Å²) >= 11 is 0. The number of guanidine groups is 1. The molecule has 1 saturated heterocycles. The molecule has 0 unspecified atom stereocenters. The fraction of sp³-hybridized carbons (Fsp3) is 0.524. The summed E-state index contributed by atoms with van der Waals surface area (Å²) in [4.78, 5) is 6.93. The lowest BCUT2D eigenvalue weighted by atomic mass is 10.2. The number of aliphatic imine (C=N–C) groups is 1. The van der Waals surface area contributed by atoms with Crippen molar-refractivity contribution in [1.82, 2.24) is 25.3 Å². The Morgan fingerprint density at radius 1 is 1.07 bits per heavy atom. The lowest BCUT2D eigenvalue weighted by Crippen LogP contribution is -2.38. The molecular formula is C21H33IN6. The van der Waals surface area contributed by atoms with Gasteiger partial charge in [-0.05, 0) is 62.7 Å². The van der Waals surface area contributed by atoms with Crippen LogP contribution in [0.4, 0.5) is 0 Å². The fourth-order valence-corrected chi connectivity index (χ4v) is 3.46. The highest BCUT2D eigenvalue weighted by atomic mass is 127. The van der Waals surface area contributed by atoms with E-state index in [0.29, 0.717) is 0 Å². The van der Waals surface area contributed by atoms with Crippen molar-refractivity contribution < 1.29 is 0 Å². The second-order valence-corrected chi connectivity index (χ2v) is 7.08. The van der Waals surface area contributed by atoms with E-state index in [4.69, 9.17) is 0 Å². The molecule has 0 atom stereocenters. The summed E-state index contributed by atoms with van der Waals surface area (Å²) < 4.78 is 1.86. The smallest absolute Gasteiger partial charge is 0.191 e. The van der Waals surface area contributed by atoms with Crippen LogP contribution in [-0.2, 0) is 6.54 Å². The Bertz CT molecular complexity index is 675. The summed E-state index contributed by atoms with van der Waals surface area (Å²) in [5, 5.41) is 11.1. The molecule has 3 rings (SSSR count). The predicted octanol–water partition coefficient (Wildman–Crippen LogP) is 3.42. The van der Waals surface area contributed by atoms with Gasteiger partial charge in [0.25, 0.3) is 0 Å². The number of halogens is 1. The van der Waals surface area contributed by atoms with Gasteiger partial charge in [0.05, 0.1) is 5.69 Å². The first kappa shape index (κ1) is 22.7. The van der Waals surface area contributed by atoms with Gasteiger partial charge in [-0.15, -0.1) is 24.0 Å². The van der Waals surface area contributed by atoms with Crippen molar-refractivity contribution in [3.8, 4) is 5.69 Å². The number of hydrogen-bond acceptors (Lipinski definition) is 3. The first-order valence-electron chi connectivity index (χ1n) is 10.1. The van der Waals surface area contributed by atoms with Gasteiger partial charge in [0.2, 0.25) is 0 Å². The third kappa shape index (κ3) is 7.43. The molecule has 2 heterocycles. The summed E-state index contributed by atoms with van der Waals surface area (Å²) in [6.07, 6.45) is 10.4. The average Bonchev–Trinajstić information content (AvgIpc) is 3.12. The van der Waals surface area contributed by atoms with E-state index >= 15 is 0 Å². The van der Waals surface area contributed by atoms with Gasteiger partial charge in [-0.3, -0.25) is 4.99 Å². The molecule has 2 N–H and O–H groups in total. The molecule has 0 spiro atoms. The molecule has 0 bridgehead atoms. The maximum atomic E-state index is 4.33. The van der Waals surface area contributed by atoms with Crippen molar-refractivity contribution in [1.29, 1.82) is 0 Å². The van der Waals surface area contributed by atoms with Gasteiger partial charge in [0.15, 0.2) is 5.96 Å². The minimum atomic E-state index is 0. The van der Waals surface area contributed by atoms with Gasteiger partial charge in [-0.25, -0.2) is 4.68 Å². The summed E-state index contributed by atoms with van der Waals surface area (Å²) in [5.74, 6) is 0.863. The monoisotopic (exact) mass is 496 g/mol. The number of nitrogens with one attached hydrogen (secondary N) is 2. The molecule has 6 nitrogen and oxygen atoms in total. The molecule has 2 aromatic rings. The fourth-order valence-electron chi connectivity index (χ4n) is 3.46. The van der Waals surface area contributed by atoms with Crippen LogP contribution in [0.5, 0.6) is 0 Å². The largest absolute Gasteiger partial charge is 0.356 e. The third-order valence-electron chi connectivity index (χ3n) is 5.03. The van der Waals surface area contributed by atoms with Gasteiger partial charge in [-0.2, -0.15) is 5.10 Å². The van der Waals surface area contributed by atoms with Crippen molar-refractivity contribution in [2.24, 2.45) is 4.99 Å². The van der Waals surface area contributed by atoms with E-state index in [0.717, 1.165) is 31.2 Å². The molecule has 28 heavy (non-hydrogen) atoms. The Morgan fingerprint density at radius 3 is 2.46 bits per heavy atom. The predicted molar refractivity (Wildman–Crippen MR) is 127 cm³/mol. The number of likely N-dealkylation sites (tertiary alicyclic amines) is 1. The Kier molecular flexibility index (Phi) is 10.3. The molecule has 1 aliphatic heterocycles. The van der Waals surface area contributed by atoms with Crippen LogP contribution >= 0.6 is 24.0 Å². The summed E-state index contributed by atoms with van der Waals surface area (Å²) in [6, 6.07) is 10.3. The van der Waals surface area contributed by atoms with Gasteiger partial charge in [-0.1, -0.05) is 25.0 Å². The van der Waals surface area contributed by atoms with Crippen molar-refractivity contribution in [3.05, 3.63) is 48.3 Å². The number of benzene rings is 1. The van der Waals surface area contributed by atoms with Gasteiger partial charge < -0.3 is 15.5 Å². The van der Waals surface area contributed by atoms with Crippen LogP contribution in [0.2, 0.25) is 0 Å². The van der Waals surface area contributed by atoms with Crippen LogP contribution in [-0.4, -0.2) is 53.9 Å². The lowest BCUT2D eigenvalue weighted by Gasteiger charge is -2.20. The maximum Gasteiger partial charge on any atom is 0.191 e. The quantitative estimate of drug-likeness (QED) is 0.267. The molecule has 1 aliphatic rings. The topological polar surface area (TPSA) is 57.5 Å². The normalized spacial score (nSPS) is 15.5. The van der Waals surface area contributed by atoms with Crippen molar-refractivity contribution >= 4 is 29.9 Å². The summed E-state index contributed by atoms with van der Waals surface area (Å²) in [5.41, 5.74) is 2.29. The summed E-state index contributed by atoms with van der Waals surface area (Å²) in [6.45, 7) is 5.42. The third-order valence-corrected chi connectivity index (χ3v) is 5.03. The first-order valence-corrected chi connectivity index (χ1v) is 10.1. The highest BCUT2D eigenvalue weighted by Crippen LogP contribution is 2.10. The number of aromatic nitrogens is 2. The second kappa shape index (κ2) is 12.8. The molecular weight excluding hydrogens is 463 g/mol.